The number of hydrogen-bond donors (Lipinski definition) is 0. The van der Waals surface area contributed by atoms with E-state index in [2.05, 4.69) is 32.1 Å². The highest BCUT2D eigenvalue weighted by molar-refractivity contribution is 5.07. The molecule has 0 nitrogen and oxygen atoms in total. The van der Waals surface area contributed by atoms with Crippen molar-refractivity contribution in [3.05, 3.63) is 6.42 Å². The van der Waals surface area contributed by atoms with E-state index >= 15 is 0 Å². The largest absolute Gasteiger partial charge is 0.103 e. The van der Waals surface area contributed by atoms with Crippen LogP contribution in [0.2, 0.25) is 0 Å². The van der Waals surface area contributed by atoms with Gasteiger partial charge in [0.25, 0.3) is 0 Å². The quantitative estimate of drug-likeness (QED) is 0.573. The lowest BCUT2D eigenvalue weighted by Gasteiger charge is -2.20. The van der Waals surface area contributed by atoms with Gasteiger partial charge < -0.3 is 0 Å². The van der Waals surface area contributed by atoms with E-state index in [1.54, 1.807) is 0 Å². The molecule has 2 atom stereocenters. The lowest BCUT2D eigenvalue weighted by atomic mass is 9.83. The average molecular weight is 191 g/mol. The summed E-state index contributed by atoms with van der Waals surface area (Å²) in [5.41, 5.74) is 0. The zero-order valence-corrected chi connectivity index (χ0v) is 9.68. The molecule has 0 saturated carbocycles. The topological polar surface area (TPSA) is 0 Å². The van der Waals surface area contributed by atoms with Gasteiger partial charge >= 0.3 is 0 Å². The Labute approximate surface area is 89.5 Å². The van der Waals surface area contributed by atoms with Crippen LogP contribution >= 0.6 is 0 Å². The van der Waals surface area contributed by atoms with E-state index < -0.39 is 0 Å². The fourth-order valence-corrected chi connectivity index (χ4v) is 2.20. The van der Waals surface area contributed by atoms with Crippen LogP contribution in [-0.2, 0) is 0 Å². The van der Waals surface area contributed by atoms with Crippen molar-refractivity contribution in [1.29, 1.82) is 0 Å². The van der Waals surface area contributed by atoms with E-state index in [0.717, 1.165) is 12.3 Å². The summed E-state index contributed by atoms with van der Waals surface area (Å²) in [4.78, 5) is 0. The lowest BCUT2D eigenvalue weighted by Crippen LogP contribution is -2.12. The van der Waals surface area contributed by atoms with Crippen molar-refractivity contribution in [1.82, 2.24) is 0 Å². The molecule has 1 rings (SSSR count). The molecule has 0 N–H and O–H groups in total. The molecule has 0 aliphatic heterocycles. The summed E-state index contributed by atoms with van der Waals surface area (Å²) < 4.78 is 0. The fraction of sp³-hybridized carbons (Fsp3) is 0.786. The molecule has 0 fully saturated rings. The molecule has 0 heterocycles. The highest BCUT2D eigenvalue weighted by atomic mass is 14.2. The lowest BCUT2D eigenvalue weighted by molar-refractivity contribution is 0.417. The second-order valence-corrected chi connectivity index (χ2v) is 4.24. The Kier molecular flexibility index (Phi) is 5.76. The molecule has 1 aliphatic carbocycles. The first-order chi connectivity index (χ1) is 6.88. The SMILES string of the molecule is CCC1C#CCCCCC[CH]C1CC. The van der Waals surface area contributed by atoms with Crippen molar-refractivity contribution in [2.24, 2.45) is 11.8 Å². The van der Waals surface area contributed by atoms with Gasteiger partial charge in [-0.15, -0.1) is 5.92 Å². The van der Waals surface area contributed by atoms with Gasteiger partial charge in [-0.05, 0) is 31.6 Å². The van der Waals surface area contributed by atoms with Crippen molar-refractivity contribution < 1.29 is 0 Å². The maximum absolute atomic E-state index is 3.46. The van der Waals surface area contributed by atoms with E-state index in [4.69, 9.17) is 0 Å². The minimum Gasteiger partial charge on any atom is -0.103 e. The van der Waals surface area contributed by atoms with Crippen LogP contribution in [0.15, 0.2) is 0 Å². The van der Waals surface area contributed by atoms with Crippen molar-refractivity contribution in [2.75, 3.05) is 0 Å². The third kappa shape index (κ3) is 3.74. The van der Waals surface area contributed by atoms with Crippen molar-refractivity contribution >= 4 is 0 Å². The highest BCUT2D eigenvalue weighted by Gasteiger charge is 2.16. The number of hydrogen-bond acceptors (Lipinski definition) is 0. The van der Waals surface area contributed by atoms with Crippen LogP contribution in [0.5, 0.6) is 0 Å². The summed E-state index contributed by atoms with van der Waals surface area (Å²) in [6, 6.07) is 0. The average Bonchev–Trinajstić information content (AvgIpc) is 2.24. The van der Waals surface area contributed by atoms with Gasteiger partial charge in [0, 0.05) is 12.3 Å². The van der Waals surface area contributed by atoms with Crippen molar-refractivity contribution in [2.45, 2.75) is 58.8 Å². The molecule has 0 aromatic carbocycles. The summed E-state index contributed by atoms with van der Waals surface area (Å²) >= 11 is 0. The van der Waals surface area contributed by atoms with Crippen LogP contribution in [0, 0.1) is 30.1 Å². The zero-order chi connectivity index (χ0) is 10.2. The Hall–Kier alpha value is -0.440. The van der Waals surface area contributed by atoms with E-state index in [1.807, 2.05) is 0 Å². The van der Waals surface area contributed by atoms with Crippen molar-refractivity contribution in [3.63, 3.8) is 0 Å². The second kappa shape index (κ2) is 6.93. The summed E-state index contributed by atoms with van der Waals surface area (Å²) in [6.45, 7) is 4.55. The molecule has 0 amide bonds. The molecule has 0 spiro atoms. The van der Waals surface area contributed by atoms with E-state index in [1.165, 1.54) is 38.5 Å². The Bertz CT molecular complexity index is 194. The molecule has 0 saturated heterocycles. The first-order valence-electron chi connectivity index (χ1n) is 6.20. The van der Waals surface area contributed by atoms with Gasteiger partial charge in [-0.25, -0.2) is 0 Å². The predicted molar refractivity (Wildman–Crippen MR) is 62.7 cm³/mol. The molecule has 14 heavy (non-hydrogen) atoms. The van der Waals surface area contributed by atoms with Crippen LogP contribution < -0.4 is 0 Å². The molecule has 79 valence electrons. The van der Waals surface area contributed by atoms with Crippen LogP contribution in [0.1, 0.15) is 58.8 Å². The molecule has 1 radical (unpaired) electrons. The van der Waals surface area contributed by atoms with Gasteiger partial charge in [0.05, 0.1) is 0 Å². The van der Waals surface area contributed by atoms with Gasteiger partial charge in [-0.3, -0.25) is 0 Å². The van der Waals surface area contributed by atoms with E-state index in [-0.39, 0.29) is 0 Å². The van der Waals surface area contributed by atoms with Gasteiger partial charge in [0.1, 0.15) is 0 Å². The van der Waals surface area contributed by atoms with Gasteiger partial charge in [-0.1, -0.05) is 39.0 Å². The van der Waals surface area contributed by atoms with E-state index in [9.17, 15) is 0 Å². The molecule has 0 heteroatoms. The van der Waals surface area contributed by atoms with Crippen LogP contribution in [0.25, 0.3) is 0 Å². The minimum absolute atomic E-state index is 0.623. The smallest absolute Gasteiger partial charge is 0.0231 e. The first-order valence-corrected chi connectivity index (χ1v) is 6.20. The Morgan fingerprint density at radius 3 is 2.71 bits per heavy atom. The molecule has 0 aromatic heterocycles. The standard InChI is InChI=1S/C14H23/c1-3-13-11-9-7-5-6-8-10-12-14(13)4-2/h11,13-14H,3-9H2,1-2H3. The number of rotatable bonds is 2. The van der Waals surface area contributed by atoms with Crippen LogP contribution in [-0.4, -0.2) is 0 Å². The molecular formula is C14H23. The molecule has 0 aromatic rings. The van der Waals surface area contributed by atoms with Gasteiger partial charge in [-0.2, -0.15) is 0 Å². The zero-order valence-electron chi connectivity index (χ0n) is 9.68. The normalized spacial score (nSPS) is 29.0. The summed E-state index contributed by atoms with van der Waals surface area (Å²) in [5, 5.41) is 0. The summed E-state index contributed by atoms with van der Waals surface area (Å²) in [6.07, 6.45) is 11.4. The monoisotopic (exact) mass is 191 g/mol. The fourth-order valence-electron chi connectivity index (χ4n) is 2.20. The Morgan fingerprint density at radius 2 is 2.00 bits per heavy atom. The summed E-state index contributed by atoms with van der Waals surface area (Å²) in [7, 11) is 0. The Morgan fingerprint density at radius 1 is 1.14 bits per heavy atom. The highest BCUT2D eigenvalue weighted by Crippen LogP contribution is 2.24. The van der Waals surface area contributed by atoms with Crippen molar-refractivity contribution in [3.8, 4) is 11.8 Å². The maximum Gasteiger partial charge on any atom is 0.0231 e. The van der Waals surface area contributed by atoms with Crippen LogP contribution in [0.3, 0.4) is 0 Å². The minimum atomic E-state index is 0.623. The third-order valence-electron chi connectivity index (χ3n) is 3.19. The first kappa shape index (κ1) is 11.6. The summed E-state index contributed by atoms with van der Waals surface area (Å²) in [5.74, 6) is 8.17. The van der Waals surface area contributed by atoms with E-state index in [0.29, 0.717) is 5.92 Å². The predicted octanol–water partition coefficient (Wildman–Crippen LogP) is 4.21. The van der Waals surface area contributed by atoms with Gasteiger partial charge in [0.15, 0.2) is 0 Å². The van der Waals surface area contributed by atoms with Gasteiger partial charge in [0.2, 0.25) is 0 Å². The molecule has 2 unspecified atom stereocenters. The molecular weight excluding hydrogens is 168 g/mol. The maximum atomic E-state index is 3.46. The Balaban J connectivity index is 2.57. The molecule has 1 aliphatic rings. The second-order valence-electron chi connectivity index (χ2n) is 4.24. The third-order valence-corrected chi connectivity index (χ3v) is 3.19. The molecule has 0 bridgehead atoms. The van der Waals surface area contributed by atoms with Crippen LogP contribution in [0.4, 0.5) is 0 Å².